The Morgan fingerprint density at radius 2 is 1.86 bits per heavy atom. The van der Waals surface area contributed by atoms with Gasteiger partial charge in [0.2, 0.25) is 0 Å². The Bertz CT molecular complexity index is 1810. The van der Waals surface area contributed by atoms with Crippen molar-refractivity contribution in [3.63, 3.8) is 0 Å². The number of hydrogen-bond donors (Lipinski definition) is 4. The molecule has 1 fully saturated rings. The van der Waals surface area contributed by atoms with Gasteiger partial charge in [-0.25, -0.2) is 0 Å². The average Bonchev–Trinajstić information content (AvgIpc) is 3.74. The van der Waals surface area contributed by atoms with Crippen molar-refractivity contribution in [1.29, 1.82) is 5.26 Å². The first-order valence-electron chi connectivity index (χ1n) is 17.4. The van der Waals surface area contributed by atoms with Crippen LogP contribution in [0.25, 0.3) is 22.0 Å². The van der Waals surface area contributed by atoms with Crippen molar-refractivity contribution in [2.45, 2.75) is 76.8 Å². The van der Waals surface area contributed by atoms with Crippen LogP contribution in [-0.2, 0) is 24.5 Å². The second-order valence-corrected chi connectivity index (χ2v) is 14.0. The first kappa shape index (κ1) is 38.5. The Hall–Kier alpha value is -3.70. The molecule has 13 heteroatoms. The molecule has 0 amide bonds. The summed E-state index contributed by atoms with van der Waals surface area (Å²) in [4.78, 5) is 13.8. The number of aromatic nitrogens is 2. The molecule has 4 N–H and O–H groups in total. The van der Waals surface area contributed by atoms with Crippen LogP contribution in [0.15, 0.2) is 59.2 Å². The van der Waals surface area contributed by atoms with Gasteiger partial charge >= 0.3 is 5.97 Å². The molecule has 0 bridgehead atoms. The number of carbonyl (C=O) groups is 1. The van der Waals surface area contributed by atoms with Crippen LogP contribution in [0.2, 0.25) is 5.02 Å². The number of likely N-dealkylation sites (tertiary alicyclic amines) is 1. The highest BCUT2D eigenvalue weighted by molar-refractivity contribution is 9.10. The number of unbranched alkanes of at least 4 members (excludes halogenated alkanes) is 4. The Balaban J connectivity index is 1.28. The molecule has 5 rings (SSSR count). The van der Waals surface area contributed by atoms with E-state index in [1.165, 1.54) is 0 Å². The van der Waals surface area contributed by atoms with Crippen LogP contribution in [0.1, 0.15) is 56.1 Å². The SMILES string of the molecule is N#CCCCCCOc1cc(OCc2cccc(-c3cccc4c3cnn4CCCCN3CC[C@@H](O)C3)c2Br)c(Cl)cc1CN[C@@H](CO)C(=O)O. The van der Waals surface area contributed by atoms with Gasteiger partial charge < -0.3 is 29.7 Å². The highest BCUT2D eigenvalue weighted by Crippen LogP contribution is 2.38. The van der Waals surface area contributed by atoms with E-state index < -0.39 is 18.6 Å². The fraction of sp³-hybridized carbons (Fsp3) is 0.447. The van der Waals surface area contributed by atoms with Gasteiger partial charge in [0.25, 0.3) is 0 Å². The molecule has 51 heavy (non-hydrogen) atoms. The van der Waals surface area contributed by atoms with Gasteiger partial charge in [0, 0.05) is 59.7 Å². The number of carboxylic acids is 1. The lowest BCUT2D eigenvalue weighted by molar-refractivity contribution is -0.140. The van der Waals surface area contributed by atoms with E-state index in [0.717, 1.165) is 96.8 Å². The Morgan fingerprint density at radius 3 is 2.63 bits per heavy atom. The van der Waals surface area contributed by atoms with E-state index >= 15 is 0 Å². The number of fused-ring (bicyclic) bond motifs is 1. The van der Waals surface area contributed by atoms with E-state index in [2.05, 4.69) is 61.2 Å². The van der Waals surface area contributed by atoms with Crippen LogP contribution in [0.4, 0.5) is 0 Å². The predicted octanol–water partition coefficient (Wildman–Crippen LogP) is 6.54. The molecule has 0 aliphatic carbocycles. The second kappa shape index (κ2) is 19.2. The summed E-state index contributed by atoms with van der Waals surface area (Å²) in [5.41, 5.74) is 4.69. The van der Waals surface area contributed by atoms with Crippen molar-refractivity contribution >= 4 is 44.4 Å². The van der Waals surface area contributed by atoms with Gasteiger partial charge in [0.1, 0.15) is 24.1 Å². The zero-order valence-corrected chi connectivity index (χ0v) is 30.9. The molecule has 272 valence electrons. The molecule has 2 heterocycles. The minimum absolute atomic E-state index is 0.112. The number of β-amino-alcohol motifs (C(OH)–C–C–N with tert-alkyl or cyclic N) is 1. The number of carboxylic acid groups (broad SMARTS) is 1. The van der Waals surface area contributed by atoms with Gasteiger partial charge in [-0.3, -0.25) is 14.8 Å². The highest BCUT2D eigenvalue weighted by atomic mass is 79.9. The number of rotatable bonds is 20. The molecule has 1 saturated heterocycles. The van der Waals surface area contributed by atoms with Crippen molar-refractivity contribution in [3.05, 3.63) is 75.4 Å². The number of halogens is 2. The zero-order chi connectivity index (χ0) is 36.2. The van der Waals surface area contributed by atoms with Gasteiger partial charge in [-0.1, -0.05) is 41.9 Å². The van der Waals surface area contributed by atoms with Crippen LogP contribution in [0.3, 0.4) is 0 Å². The molecule has 3 aromatic carbocycles. The summed E-state index contributed by atoms with van der Waals surface area (Å²) in [6.45, 7) is 3.73. The minimum Gasteiger partial charge on any atom is -0.493 e. The van der Waals surface area contributed by atoms with E-state index in [9.17, 15) is 20.1 Å². The fourth-order valence-corrected chi connectivity index (χ4v) is 7.10. The van der Waals surface area contributed by atoms with Gasteiger partial charge in [0.05, 0.1) is 42.1 Å². The molecular formula is C38H45BrClN5O6. The van der Waals surface area contributed by atoms with Crippen molar-refractivity contribution in [2.24, 2.45) is 0 Å². The van der Waals surface area contributed by atoms with Gasteiger partial charge in [-0.15, -0.1) is 0 Å². The van der Waals surface area contributed by atoms with Crippen molar-refractivity contribution in [3.8, 4) is 28.7 Å². The standard InChI is InChI=1S/C38H45BrClN5O6/c39-37-26(25-51-36-20-35(50-18-6-2-1-3-14-41)27(19-32(36)40)21-42-33(24-46)38(48)49)9-7-11-30(37)29-10-8-12-34-31(29)22-43-45(34)16-5-4-15-44-17-13-28(47)23-44/h7-12,19-20,22,28,33,42,46-47H,1-6,13,15-18,21,23-25H2,(H,48,49)/t28-,33+/m1/s1. The van der Waals surface area contributed by atoms with Crippen LogP contribution in [-0.4, -0.2) is 81.0 Å². The second-order valence-electron chi connectivity index (χ2n) is 12.8. The number of nitrogens with zero attached hydrogens (tertiary/aromatic N) is 4. The summed E-state index contributed by atoms with van der Waals surface area (Å²) in [6, 6.07) is 16.7. The summed E-state index contributed by atoms with van der Waals surface area (Å²) in [5.74, 6) is -0.249. The Labute approximate surface area is 311 Å². The molecule has 1 aromatic heterocycles. The third-order valence-electron chi connectivity index (χ3n) is 9.11. The lowest BCUT2D eigenvalue weighted by Gasteiger charge is -2.18. The van der Waals surface area contributed by atoms with Crippen molar-refractivity contribution in [1.82, 2.24) is 20.0 Å². The van der Waals surface area contributed by atoms with E-state index in [-0.39, 0.29) is 19.3 Å². The van der Waals surface area contributed by atoms with E-state index in [4.69, 9.17) is 31.4 Å². The maximum absolute atomic E-state index is 11.4. The lowest BCUT2D eigenvalue weighted by atomic mass is 10.00. The lowest BCUT2D eigenvalue weighted by Crippen LogP contribution is -2.39. The van der Waals surface area contributed by atoms with Crippen LogP contribution >= 0.6 is 27.5 Å². The summed E-state index contributed by atoms with van der Waals surface area (Å²) in [7, 11) is 0. The van der Waals surface area contributed by atoms with Gasteiger partial charge in [-0.2, -0.15) is 10.4 Å². The van der Waals surface area contributed by atoms with E-state index in [0.29, 0.717) is 35.1 Å². The fourth-order valence-electron chi connectivity index (χ4n) is 6.27. The molecule has 0 unspecified atom stereocenters. The normalized spacial score (nSPS) is 15.2. The predicted molar refractivity (Wildman–Crippen MR) is 200 cm³/mol. The Morgan fingerprint density at radius 1 is 1.06 bits per heavy atom. The summed E-state index contributed by atoms with van der Waals surface area (Å²) in [6.07, 6.45) is 7.53. The smallest absolute Gasteiger partial charge is 0.323 e. The van der Waals surface area contributed by atoms with Crippen molar-refractivity contribution < 1.29 is 29.6 Å². The number of nitrogens with one attached hydrogen (secondary N) is 1. The maximum Gasteiger partial charge on any atom is 0.323 e. The molecule has 0 spiro atoms. The van der Waals surface area contributed by atoms with Gasteiger partial charge in [-0.05, 0) is 84.3 Å². The Kier molecular flexibility index (Phi) is 14.5. The number of ether oxygens (including phenoxy) is 2. The first-order valence-corrected chi connectivity index (χ1v) is 18.6. The number of aliphatic hydroxyl groups excluding tert-OH is 2. The molecule has 4 aromatic rings. The summed E-state index contributed by atoms with van der Waals surface area (Å²) in [5, 5.41) is 46.4. The van der Waals surface area contributed by atoms with Crippen LogP contribution in [0.5, 0.6) is 11.5 Å². The average molecular weight is 783 g/mol. The van der Waals surface area contributed by atoms with E-state index in [1.54, 1.807) is 12.1 Å². The highest BCUT2D eigenvalue weighted by Gasteiger charge is 2.20. The molecule has 0 saturated carbocycles. The largest absolute Gasteiger partial charge is 0.493 e. The third kappa shape index (κ3) is 10.4. The maximum atomic E-state index is 11.4. The van der Waals surface area contributed by atoms with Gasteiger partial charge in [0.15, 0.2) is 0 Å². The number of hydrogen-bond acceptors (Lipinski definition) is 9. The summed E-state index contributed by atoms with van der Waals surface area (Å²) < 4.78 is 15.3. The van der Waals surface area contributed by atoms with Crippen LogP contribution < -0.4 is 14.8 Å². The molecule has 2 atom stereocenters. The molecule has 1 aliphatic heterocycles. The molecular weight excluding hydrogens is 738 g/mol. The van der Waals surface area contributed by atoms with E-state index in [1.807, 2.05) is 18.3 Å². The summed E-state index contributed by atoms with van der Waals surface area (Å²) >= 11 is 10.5. The van der Waals surface area contributed by atoms with Crippen LogP contribution in [0, 0.1) is 11.3 Å². The first-order chi connectivity index (χ1) is 24.8. The number of aliphatic hydroxyl groups is 2. The molecule has 11 nitrogen and oxygen atoms in total. The molecule has 1 aliphatic rings. The quantitative estimate of drug-likeness (QED) is 0.0727. The third-order valence-corrected chi connectivity index (χ3v) is 10.3. The minimum atomic E-state index is -1.16. The number of nitriles is 1. The number of aryl methyl sites for hydroxylation is 1. The number of benzene rings is 3. The number of aliphatic carboxylic acids is 1. The molecule has 0 radical (unpaired) electrons. The topological polar surface area (TPSA) is 153 Å². The zero-order valence-electron chi connectivity index (χ0n) is 28.6. The monoisotopic (exact) mass is 781 g/mol. The van der Waals surface area contributed by atoms with Crippen molar-refractivity contribution in [2.75, 3.05) is 32.8 Å².